The summed E-state index contributed by atoms with van der Waals surface area (Å²) in [7, 11) is -1.84. The van der Waals surface area contributed by atoms with E-state index in [9.17, 15) is 13.2 Å². The lowest BCUT2D eigenvalue weighted by Crippen LogP contribution is -2.51. The van der Waals surface area contributed by atoms with Crippen molar-refractivity contribution in [2.24, 2.45) is 17.8 Å². The molecule has 0 aromatic heterocycles. The number of methoxy groups -OCH3 is 1. The van der Waals surface area contributed by atoms with Crippen LogP contribution in [-0.4, -0.2) is 56.1 Å². The van der Waals surface area contributed by atoms with Gasteiger partial charge in [0.05, 0.1) is 7.11 Å². The van der Waals surface area contributed by atoms with Gasteiger partial charge in [0.25, 0.3) is 10.2 Å². The monoisotopic (exact) mass is 394 g/mol. The van der Waals surface area contributed by atoms with E-state index >= 15 is 0 Å². The molecule has 150 valence electrons. The molecule has 2 fully saturated rings. The van der Waals surface area contributed by atoms with Crippen LogP contribution in [-0.2, 0) is 10.2 Å². The molecule has 6 nitrogen and oxygen atoms in total. The minimum atomic E-state index is -3.43. The lowest BCUT2D eigenvalue weighted by molar-refractivity contribution is 0.0871. The number of nitrogens with zero attached hydrogens (tertiary/aromatic N) is 2. The van der Waals surface area contributed by atoms with E-state index in [4.69, 9.17) is 4.74 Å². The van der Waals surface area contributed by atoms with Crippen LogP contribution in [0.1, 0.15) is 43.5 Å². The van der Waals surface area contributed by atoms with E-state index in [0.29, 0.717) is 56.4 Å². The van der Waals surface area contributed by atoms with E-state index in [-0.39, 0.29) is 11.7 Å². The molecule has 7 heteroatoms. The van der Waals surface area contributed by atoms with Crippen LogP contribution in [0.4, 0.5) is 0 Å². The number of rotatable bonds is 5. The number of ketones is 1. The van der Waals surface area contributed by atoms with Gasteiger partial charge in [-0.25, -0.2) is 0 Å². The van der Waals surface area contributed by atoms with Crippen LogP contribution in [0, 0.1) is 17.8 Å². The molecule has 0 saturated carbocycles. The maximum Gasteiger partial charge on any atom is 0.281 e. The molecule has 27 heavy (non-hydrogen) atoms. The van der Waals surface area contributed by atoms with Gasteiger partial charge in [-0.05, 0) is 55.4 Å². The van der Waals surface area contributed by atoms with E-state index in [2.05, 4.69) is 13.8 Å². The van der Waals surface area contributed by atoms with E-state index in [1.54, 1.807) is 40.0 Å². The first-order valence-corrected chi connectivity index (χ1v) is 11.1. The molecule has 2 heterocycles. The standard InChI is InChI=1S/C20H30N2O4S/c1-15-12-16(2)14-22(13-15)27(24,25)21-10-8-18(9-11-21)20(23)17-4-6-19(26-3)7-5-17/h4-7,15-16,18H,8-14H2,1-3H3. The third kappa shape index (κ3) is 4.52. The van der Waals surface area contributed by atoms with Gasteiger partial charge in [0.1, 0.15) is 5.75 Å². The lowest BCUT2D eigenvalue weighted by Gasteiger charge is -2.39. The Balaban J connectivity index is 1.61. The zero-order valence-electron chi connectivity index (χ0n) is 16.4. The smallest absolute Gasteiger partial charge is 0.281 e. The summed E-state index contributed by atoms with van der Waals surface area (Å²) in [6.45, 7) is 6.23. The Morgan fingerprint density at radius 1 is 1.00 bits per heavy atom. The summed E-state index contributed by atoms with van der Waals surface area (Å²) in [5.41, 5.74) is 0.663. The van der Waals surface area contributed by atoms with E-state index in [1.165, 1.54) is 0 Å². The number of ether oxygens (including phenoxy) is 1. The molecule has 2 aliphatic heterocycles. The minimum Gasteiger partial charge on any atom is -0.497 e. The predicted octanol–water partition coefficient (Wildman–Crippen LogP) is 2.81. The SMILES string of the molecule is COc1ccc(C(=O)C2CCN(S(=O)(=O)N3CC(C)CC(C)C3)CC2)cc1. The number of Topliss-reactive ketones (excluding diaryl/α,β-unsaturated/α-hetero) is 1. The molecule has 3 rings (SSSR count). The van der Waals surface area contributed by atoms with Gasteiger partial charge in [-0.2, -0.15) is 17.0 Å². The molecule has 2 atom stereocenters. The number of benzene rings is 1. The molecule has 0 radical (unpaired) electrons. The van der Waals surface area contributed by atoms with Crippen molar-refractivity contribution in [2.75, 3.05) is 33.3 Å². The first-order chi connectivity index (χ1) is 12.8. The summed E-state index contributed by atoms with van der Waals surface area (Å²) in [5, 5.41) is 0. The summed E-state index contributed by atoms with van der Waals surface area (Å²) in [6, 6.07) is 7.12. The van der Waals surface area contributed by atoms with Crippen molar-refractivity contribution in [3.8, 4) is 5.75 Å². The van der Waals surface area contributed by atoms with Gasteiger partial charge < -0.3 is 4.74 Å². The Hall–Kier alpha value is -1.44. The minimum absolute atomic E-state index is 0.0925. The summed E-state index contributed by atoms with van der Waals surface area (Å²) < 4.78 is 34.3. The van der Waals surface area contributed by atoms with Crippen LogP contribution in [0.25, 0.3) is 0 Å². The van der Waals surface area contributed by atoms with Crippen LogP contribution in [0.2, 0.25) is 0 Å². The fourth-order valence-corrected chi connectivity index (χ4v) is 6.18. The Labute approximate surface area is 162 Å². The van der Waals surface area contributed by atoms with Gasteiger partial charge >= 0.3 is 0 Å². The zero-order valence-corrected chi connectivity index (χ0v) is 17.2. The highest BCUT2D eigenvalue weighted by Crippen LogP contribution is 2.28. The average molecular weight is 395 g/mol. The maximum atomic E-state index is 13.0. The van der Waals surface area contributed by atoms with Gasteiger partial charge in [0.15, 0.2) is 5.78 Å². The number of hydrogen-bond donors (Lipinski definition) is 0. The molecule has 1 aromatic rings. The number of carbonyl (C=O) groups excluding carboxylic acids is 1. The van der Waals surface area contributed by atoms with Crippen LogP contribution in [0.5, 0.6) is 5.75 Å². The van der Waals surface area contributed by atoms with Gasteiger partial charge in [0.2, 0.25) is 0 Å². The van der Waals surface area contributed by atoms with Gasteiger partial charge in [-0.15, -0.1) is 0 Å². The Morgan fingerprint density at radius 2 is 1.56 bits per heavy atom. The molecule has 0 N–H and O–H groups in total. The summed E-state index contributed by atoms with van der Waals surface area (Å²) in [6.07, 6.45) is 2.22. The van der Waals surface area contributed by atoms with Crippen molar-refractivity contribution >= 4 is 16.0 Å². The summed E-state index contributed by atoms with van der Waals surface area (Å²) in [4.78, 5) is 12.7. The molecular formula is C20H30N2O4S. The zero-order chi connectivity index (χ0) is 19.6. The molecule has 1 aromatic carbocycles. The quantitative estimate of drug-likeness (QED) is 0.720. The molecule has 2 aliphatic rings. The second-order valence-corrected chi connectivity index (χ2v) is 9.97. The molecule has 2 unspecified atom stereocenters. The Morgan fingerprint density at radius 3 is 2.07 bits per heavy atom. The van der Waals surface area contributed by atoms with Gasteiger partial charge in [-0.1, -0.05) is 13.8 Å². The maximum absolute atomic E-state index is 13.0. The Kier molecular flexibility index (Phi) is 6.23. The molecule has 0 spiro atoms. The van der Waals surface area contributed by atoms with Crippen LogP contribution >= 0.6 is 0 Å². The third-order valence-corrected chi connectivity index (χ3v) is 7.66. The number of carbonyl (C=O) groups is 1. The lowest BCUT2D eigenvalue weighted by atomic mass is 9.89. The van der Waals surface area contributed by atoms with E-state index < -0.39 is 10.2 Å². The van der Waals surface area contributed by atoms with E-state index in [1.807, 2.05) is 0 Å². The van der Waals surface area contributed by atoms with Crippen molar-refractivity contribution in [2.45, 2.75) is 33.1 Å². The van der Waals surface area contributed by atoms with Crippen molar-refractivity contribution in [3.05, 3.63) is 29.8 Å². The van der Waals surface area contributed by atoms with Gasteiger partial charge in [0, 0.05) is 37.7 Å². The first kappa shape index (κ1) is 20.3. The second-order valence-electron chi connectivity index (χ2n) is 8.04. The van der Waals surface area contributed by atoms with Crippen molar-refractivity contribution in [3.63, 3.8) is 0 Å². The molecule has 2 saturated heterocycles. The van der Waals surface area contributed by atoms with Gasteiger partial charge in [-0.3, -0.25) is 4.79 Å². The van der Waals surface area contributed by atoms with Crippen LogP contribution in [0.15, 0.2) is 24.3 Å². The predicted molar refractivity (Wildman–Crippen MR) is 105 cm³/mol. The molecule has 0 amide bonds. The van der Waals surface area contributed by atoms with E-state index in [0.717, 1.165) is 12.2 Å². The van der Waals surface area contributed by atoms with Crippen molar-refractivity contribution < 1.29 is 17.9 Å². The summed E-state index contributed by atoms with van der Waals surface area (Å²) in [5.74, 6) is 1.46. The molecular weight excluding hydrogens is 364 g/mol. The third-order valence-electron chi connectivity index (χ3n) is 5.69. The highest BCUT2D eigenvalue weighted by Gasteiger charge is 2.37. The molecule has 0 bridgehead atoms. The number of piperidine rings is 2. The van der Waals surface area contributed by atoms with Crippen LogP contribution in [0.3, 0.4) is 0 Å². The first-order valence-electron chi connectivity index (χ1n) is 9.74. The van der Waals surface area contributed by atoms with Crippen molar-refractivity contribution in [1.82, 2.24) is 8.61 Å². The fourth-order valence-electron chi connectivity index (χ4n) is 4.30. The highest BCUT2D eigenvalue weighted by molar-refractivity contribution is 7.86. The Bertz CT molecular complexity index is 745. The normalized spacial score (nSPS) is 26.0. The highest BCUT2D eigenvalue weighted by atomic mass is 32.2. The van der Waals surface area contributed by atoms with Crippen molar-refractivity contribution in [1.29, 1.82) is 0 Å². The molecule has 0 aliphatic carbocycles. The average Bonchev–Trinajstić information content (AvgIpc) is 2.67. The fraction of sp³-hybridized carbons (Fsp3) is 0.650. The topological polar surface area (TPSA) is 66.9 Å². The summed E-state index contributed by atoms with van der Waals surface area (Å²) >= 11 is 0. The largest absolute Gasteiger partial charge is 0.497 e. The second kappa shape index (κ2) is 8.29. The number of hydrogen-bond acceptors (Lipinski definition) is 4. The van der Waals surface area contributed by atoms with Crippen LogP contribution < -0.4 is 4.74 Å².